The van der Waals surface area contributed by atoms with Crippen molar-refractivity contribution < 1.29 is 35.0 Å². The van der Waals surface area contributed by atoms with E-state index in [4.69, 9.17) is 0 Å². The molecule has 0 atom stereocenters. The second kappa shape index (κ2) is 8.45. The zero-order chi connectivity index (χ0) is 18.8. The van der Waals surface area contributed by atoms with E-state index in [2.05, 4.69) is 5.32 Å². The molecule has 2 N–H and O–H groups in total. The molecular formula is C22H16LiNO3S. The average molecular weight is 381 g/mol. The summed E-state index contributed by atoms with van der Waals surface area (Å²) < 4.78 is 0. The number of carbonyl (C=O) groups is 2. The Hall–Kier alpha value is -2.84. The molecule has 0 bridgehead atoms. The van der Waals surface area contributed by atoms with E-state index < -0.39 is 5.97 Å². The van der Waals surface area contributed by atoms with Crippen molar-refractivity contribution in [2.45, 2.75) is 0 Å². The van der Waals surface area contributed by atoms with Gasteiger partial charge >= 0.3 is 24.8 Å². The van der Waals surface area contributed by atoms with Crippen LogP contribution in [0.15, 0.2) is 77.5 Å². The summed E-state index contributed by atoms with van der Waals surface area (Å²) in [6.07, 6.45) is 0. The molecule has 0 saturated carbocycles. The SMILES string of the molecule is O=C(Nc1ccc(-c2ccsc2)cc1C(=O)O)c1ccc2ccccc2c1.[H-].[Li+]. The average Bonchev–Trinajstić information content (AvgIpc) is 3.22. The molecule has 0 spiro atoms. The second-order valence-corrected chi connectivity index (χ2v) is 6.87. The molecule has 1 amide bonds. The summed E-state index contributed by atoms with van der Waals surface area (Å²) in [5.74, 6) is -1.42. The number of carboxylic acid groups (broad SMARTS) is 1. The Morgan fingerprint density at radius 2 is 1.68 bits per heavy atom. The molecule has 1 aromatic heterocycles. The molecule has 4 aromatic rings. The third kappa shape index (κ3) is 4.02. The number of fused-ring (bicyclic) bond motifs is 1. The van der Waals surface area contributed by atoms with Crippen LogP contribution in [0.5, 0.6) is 0 Å². The quantitative estimate of drug-likeness (QED) is 0.534. The number of amides is 1. The Bertz CT molecular complexity index is 1160. The van der Waals surface area contributed by atoms with Crippen LogP contribution in [0, 0.1) is 0 Å². The van der Waals surface area contributed by atoms with Gasteiger partial charge in [0.05, 0.1) is 11.3 Å². The largest absolute Gasteiger partial charge is 1.00 e. The van der Waals surface area contributed by atoms with Gasteiger partial charge in [-0.1, -0.05) is 36.4 Å². The Balaban J connectivity index is 0.00000150. The molecule has 0 unspecified atom stereocenters. The summed E-state index contributed by atoms with van der Waals surface area (Å²) in [7, 11) is 0. The number of nitrogens with one attached hydrogen (secondary N) is 1. The van der Waals surface area contributed by atoms with Crippen molar-refractivity contribution >= 4 is 39.7 Å². The zero-order valence-corrected chi connectivity index (χ0v) is 16.0. The molecule has 134 valence electrons. The van der Waals surface area contributed by atoms with Crippen LogP contribution in [0.2, 0.25) is 0 Å². The van der Waals surface area contributed by atoms with Gasteiger partial charge in [0, 0.05) is 5.56 Å². The van der Waals surface area contributed by atoms with Crippen molar-refractivity contribution in [2.24, 2.45) is 0 Å². The van der Waals surface area contributed by atoms with E-state index in [1.54, 1.807) is 35.6 Å². The Morgan fingerprint density at radius 3 is 2.39 bits per heavy atom. The van der Waals surface area contributed by atoms with Gasteiger partial charge in [-0.25, -0.2) is 4.79 Å². The molecule has 28 heavy (non-hydrogen) atoms. The fourth-order valence-electron chi connectivity index (χ4n) is 2.96. The van der Waals surface area contributed by atoms with E-state index in [9.17, 15) is 14.7 Å². The van der Waals surface area contributed by atoms with Gasteiger partial charge in [-0.2, -0.15) is 11.3 Å². The molecule has 0 aliphatic heterocycles. The number of aromatic carboxylic acids is 1. The fraction of sp³-hybridized carbons (Fsp3) is 0. The summed E-state index contributed by atoms with van der Waals surface area (Å²) in [6.45, 7) is 0. The van der Waals surface area contributed by atoms with Crippen LogP contribution in [0.4, 0.5) is 5.69 Å². The van der Waals surface area contributed by atoms with Crippen molar-refractivity contribution in [3.8, 4) is 11.1 Å². The van der Waals surface area contributed by atoms with E-state index in [0.29, 0.717) is 5.56 Å². The minimum Gasteiger partial charge on any atom is -1.00 e. The first-order chi connectivity index (χ1) is 13.1. The predicted octanol–water partition coefficient (Wildman–Crippen LogP) is 2.64. The minimum atomic E-state index is -1.08. The Kier molecular flexibility index (Phi) is 6.01. The van der Waals surface area contributed by atoms with Crippen LogP contribution >= 0.6 is 11.3 Å². The molecule has 4 nitrogen and oxygen atoms in total. The van der Waals surface area contributed by atoms with E-state index >= 15 is 0 Å². The maximum absolute atomic E-state index is 12.6. The Labute approximate surface area is 179 Å². The number of carboxylic acids is 1. The number of hydrogen-bond donors (Lipinski definition) is 2. The molecule has 0 fully saturated rings. The monoisotopic (exact) mass is 381 g/mol. The van der Waals surface area contributed by atoms with Crippen LogP contribution < -0.4 is 24.2 Å². The number of anilines is 1. The first-order valence-corrected chi connectivity index (χ1v) is 9.26. The first kappa shape index (κ1) is 19.9. The minimum absolute atomic E-state index is 0. The molecule has 0 saturated heterocycles. The fourth-order valence-corrected chi connectivity index (χ4v) is 3.63. The molecule has 0 aliphatic carbocycles. The standard InChI is InChI=1S/C22H15NO3S.Li.H/c24-21(17-6-5-14-3-1-2-4-15(14)11-17)23-20-8-7-16(12-19(20)22(25)26)18-9-10-27-13-18;;/h1-13H,(H,23,24)(H,25,26);;/q;+1;-1. The van der Waals surface area contributed by atoms with E-state index in [0.717, 1.165) is 21.9 Å². The van der Waals surface area contributed by atoms with Crippen molar-refractivity contribution in [3.63, 3.8) is 0 Å². The van der Waals surface area contributed by atoms with Gasteiger partial charge in [-0.05, 0) is 63.0 Å². The number of hydrogen-bond acceptors (Lipinski definition) is 3. The van der Waals surface area contributed by atoms with Gasteiger partial charge in [0.15, 0.2) is 0 Å². The van der Waals surface area contributed by atoms with E-state index in [-0.39, 0.29) is 37.4 Å². The zero-order valence-electron chi connectivity index (χ0n) is 16.2. The normalized spacial score (nSPS) is 10.3. The molecule has 3 aromatic carbocycles. The molecule has 4 rings (SSSR count). The number of rotatable bonds is 4. The van der Waals surface area contributed by atoms with Crippen molar-refractivity contribution in [3.05, 3.63) is 88.6 Å². The van der Waals surface area contributed by atoms with Gasteiger partial charge in [-0.3, -0.25) is 4.79 Å². The summed E-state index contributed by atoms with van der Waals surface area (Å²) in [4.78, 5) is 24.3. The van der Waals surface area contributed by atoms with E-state index in [1.807, 2.05) is 53.2 Å². The van der Waals surface area contributed by atoms with Crippen LogP contribution in [0.1, 0.15) is 22.1 Å². The maximum Gasteiger partial charge on any atom is 1.00 e. The third-order valence-corrected chi connectivity index (χ3v) is 5.05. The second-order valence-electron chi connectivity index (χ2n) is 6.09. The van der Waals surface area contributed by atoms with Gasteiger partial charge in [0.2, 0.25) is 0 Å². The van der Waals surface area contributed by atoms with Crippen molar-refractivity contribution in [2.75, 3.05) is 5.32 Å². The summed E-state index contributed by atoms with van der Waals surface area (Å²) >= 11 is 1.54. The summed E-state index contributed by atoms with van der Waals surface area (Å²) in [6, 6.07) is 20.1. The number of thiophene rings is 1. The summed E-state index contributed by atoms with van der Waals surface area (Å²) in [5, 5.41) is 18.2. The van der Waals surface area contributed by atoms with Gasteiger partial charge in [-0.15, -0.1) is 0 Å². The maximum atomic E-state index is 12.6. The first-order valence-electron chi connectivity index (χ1n) is 8.32. The van der Waals surface area contributed by atoms with Crippen LogP contribution in [0.3, 0.4) is 0 Å². The van der Waals surface area contributed by atoms with Crippen LogP contribution in [-0.4, -0.2) is 17.0 Å². The van der Waals surface area contributed by atoms with Gasteiger partial charge in [0.1, 0.15) is 0 Å². The Morgan fingerprint density at radius 1 is 0.893 bits per heavy atom. The van der Waals surface area contributed by atoms with Crippen molar-refractivity contribution in [1.29, 1.82) is 0 Å². The van der Waals surface area contributed by atoms with Gasteiger partial charge < -0.3 is 11.8 Å². The molecule has 0 radical (unpaired) electrons. The van der Waals surface area contributed by atoms with Crippen molar-refractivity contribution in [1.82, 2.24) is 0 Å². The predicted molar refractivity (Wildman–Crippen MR) is 110 cm³/mol. The molecule has 1 heterocycles. The topological polar surface area (TPSA) is 66.4 Å². The van der Waals surface area contributed by atoms with Crippen LogP contribution in [0.25, 0.3) is 21.9 Å². The third-order valence-electron chi connectivity index (χ3n) is 4.36. The summed E-state index contributed by atoms with van der Waals surface area (Å²) in [5.41, 5.74) is 2.58. The number of benzene rings is 3. The van der Waals surface area contributed by atoms with Gasteiger partial charge in [0.25, 0.3) is 5.91 Å². The molecule has 0 aliphatic rings. The number of carbonyl (C=O) groups excluding carboxylic acids is 1. The molecule has 6 heteroatoms. The smallest absolute Gasteiger partial charge is 1.00 e. The van der Waals surface area contributed by atoms with Crippen LogP contribution in [-0.2, 0) is 0 Å². The molecular weight excluding hydrogens is 365 g/mol. The van der Waals surface area contributed by atoms with E-state index in [1.165, 1.54) is 0 Å².